The highest BCUT2D eigenvalue weighted by molar-refractivity contribution is 5.96. The summed E-state index contributed by atoms with van der Waals surface area (Å²) in [4.78, 5) is 25.9. The molecule has 0 unspecified atom stereocenters. The Morgan fingerprint density at radius 3 is 2.78 bits per heavy atom. The highest BCUT2D eigenvalue weighted by Crippen LogP contribution is 2.15. The van der Waals surface area contributed by atoms with Crippen molar-refractivity contribution in [2.24, 2.45) is 0 Å². The van der Waals surface area contributed by atoms with E-state index in [9.17, 15) is 4.79 Å². The van der Waals surface area contributed by atoms with Crippen LogP contribution >= 0.6 is 0 Å². The molecule has 1 aliphatic rings. The summed E-state index contributed by atoms with van der Waals surface area (Å²) < 4.78 is 0. The van der Waals surface area contributed by atoms with E-state index in [2.05, 4.69) is 9.97 Å². The third kappa shape index (κ3) is 2.04. The maximum absolute atomic E-state index is 12.2. The van der Waals surface area contributed by atoms with Gasteiger partial charge in [0, 0.05) is 24.5 Å². The van der Waals surface area contributed by atoms with Gasteiger partial charge in [-0.25, -0.2) is 5.06 Å². The molecule has 0 N–H and O–H groups in total. The van der Waals surface area contributed by atoms with E-state index in [1.807, 2.05) is 0 Å². The Labute approximate surface area is 104 Å². The molecule has 1 aromatic carbocycles. The van der Waals surface area contributed by atoms with Crippen molar-refractivity contribution in [1.82, 2.24) is 15.0 Å². The van der Waals surface area contributed by atoms with Crippen molar-refractivity contribution in [3.05, 3.63) is 36.2 Å². The fourth-order valence-corrected chi connectivity index (χ4v) is 2.00. The molecule has 0 saturated carbocycles. The van der Waals surface area contributed by atoms with Crippen molar-refractivity contribution in [3.63, 3.8) is 0 Å². The van der Waals surface area contributed by atoms with Crippen molar-refractivity contribution >= 4 is 16.9 Å². The van der Waals surface area contributed by atoms with Gasteiger partial charge in [-0.3, -0.25) is 19.6 Å². The average Bonchev–Trinajstić information content (AvgIpc) is 2.47. The van der Waals surface area contributed by atoms with Gasteiger partial charge in [0.25, 0.3) is 5.91 Å². The molecule has 18 heavy (non-hydrogen) atoms. The van der Waals surface area contributed by atoms with Crippen molar-refractivity contribution < 1.29 is 9.63 Å². The van der Waals surface area contributed by atoms with Gasteiger partial charge < -0.3 is 0 Å². The predicted molar refractivity (Wildman–Crippen MR) is 65.8 cm³/mol. The van der Waals surface area contributed by atoms with E-state index in [4.69, 9.17) is 4.84 Å². The van der Waals surface area contributed by atoms with Crippen LogP contribution < -0.4 is 0 Å². The zero-order valence-electron chi connectivity index (χ0n) is 9.87. The number of carbonyl (C=O) groups excluding carboxylic acids is 1. The molecule has 3 rings (SSSR count). The molecule has 5 nitrogen and oxygen atoms in total. The number of hydrogen-bond acceptors (Lipinski definition) is 4. The van der Waals surface area contributed by atoms with Gasteiger partial charge in [0.05, 0.1) is 17.6 Å². The fourth-order valence-electron chi connectivity index (χ4n) is 2.00. The predicted octanol–water partition coefficient (Wildman–Crippen LogP) is 1.80. The van der Waals surface area contributed by atoms with Crippen LogP contribution in [0.2, 0.25) is 0 Å². The molecule has 5 heteroatoms. The minimum absolute atomic E-state index is 0.109. The zero-order chi connectivity index (χ0) is 12.4. The molecular weight excluding hydrogens is 230 g/mol. The lowest BCUT2D eigenvalue weighted by Crippen LogP contribution is -2.35. The third-order valence-corrected chi connectivity index (χ3v) is 2.95. The molecule has 0 radical (unpaired) electrons. The maximum Gasteiger partial charge on any atom is 0.277 e. The number of amides is 1. The van der Waals surface area contributed by atoms with Crippen molar-refractivity contribution in [2.45, 2.75) is 12.8 Å². The third-order valence-electron chi connectivity index (χ3n) is 2.95. The molecule has 1 amide bonds. The van der Waals surface area contributed by atoms with Crippen LogP contribution in [0.15, 0.2) is 30.6 Å². The maximum atomic E-state index is 12.2. The van der Waals surface area contributed by atoms with Gasteiger partial charge in [-0.2, -0.15) is 0 Å². The summed E-state index contributed by atoms with van der Waals surface area (Å²) >= 11 is 0. The number of hydrogen-bond donors (Lipinski definition) is 0. The Morgan fingerprint density at radius 1 is 1.17 bits per heavy atom. The standard InChI is InChI=1S/C13H13N3O2/c17-13(16-7-1-2-8-18-16)10-3-4-11-12(9-10)15-6-5-14-11/h3-6,9H,1-2,7-8H2. The molecule has 2 aromatic rings. The van der Waals surface area contributed by atoms with Gasteiger partial charge in [-0.15, -0.1) is 0 Å². The van der Waals surface area contributed by atoms with Crippen LogP contribution in [0, 0.1) is 0 Å². The van der Waals surface area contributed by atoms with Gasteiger partial charge in [-0.05, 0) is 31.0 Å². The van der Waals surface area contributed by atoms with E-state index in [1.165, 1.54) is 5.06 Å². The summed E-state index contributed by atoms with van der Waals surface area (Å²) in [6.45, 7) is 1.26. The molecule has 0 atom stereocenters. The molecule has 92 valence electrons. The number of carbonyl (C=O) groups is 1. The van der Waals surface area contributed by atoms with Crippen molar-refractivity contribution in [3.8, 4) is 0 Å². The Balaban J connectivity index is 1.91. The van der Waals surface area contributed by atoms with E-state index in [0.29, 0.717) is 18.7 Å². The first kappa shape index (κ1) is 11.1. The van der Waals surface area contributed by atoms with E-state index in [1.54, 1.807) is 30.6 Å². The molecule has 0 spiro atoms. The zero-order valence-corrected chi connectivity index (χ0v) is 9.87. The van der Waals surface area contributed by atoms with Crippen molar-refractivity contribution in [2.75, 3.05) is 13.2 Å². The van der Waals surface area contributed by atoms with Crippen LogP contribution in [0.4, 0.5) is 0 Å². The molecule has 1 aliphatic heterocycles. The van der Waals surface area contributed by atoms with E-state index < -0.39 is 0 Å². The normalized spacial score (nSPS) is 15.9. The fraction of sp³-hybridized carbons (Fsp3) is 0.308. The SMILES string of the molecule is O=C(c1ccc2nccnc2c1)N1CCCCO1. The Hall–Kier alpha value is -2.01. The first-order chi connectivity index (χ1) is 8.84. The monoisotopic (exact) mass is 243 g/mol. The van der Waals surface area contributed by atoms with Crippen molar-refractivity contribution in [1.29, 1.82) is 0 Å². The quantitative estimate of drug-likeness (QED) is 0.766. The molecule has 0 aliphatic carbocycles. The number of hydroxylamine groups is 2. The summed E-state index contributed by atoms with van der Waals surface area (Å²) in [5.74, 6) is -0.109. The second kappa shape index (κ2) is 4.70. The van der Waals surface area contributed by atoms with Crippen LogP contribution in [0.1, 0.15) is 23.2 Å². The van der Waals surface area contributed by atoms with Crippen LogP contribution in [-0.4, -0.2) is 34.1 Å². The van der Waals surface area contributed by atoms with Crippen LogP contribution in [0.25, 0.3) is 11.0 Å². The number of rotatable bonds is 1. The van der Waals surface area contributed by atoms with Gasteiger partial charge in [0.15, 0.2) is 0 Å². The minimum Gasteiger partial charge on any atom is -0.271 e. The molecular formula is C13H13N3O2. The summed E-state index contributed by atoms with van der Waals surface area (Å²) in [6, 6.07) is 5.32. The lowest BCUT2D eigenvalue weighted by molar-refractivity contribution is -0.144. The molecule has 0 bridgehead atoms. The van der Waals surface area contributed by atoms with Gasteiger partial charge in [-0.1, -0.05) is 0 Å². The highest BCUT2D eigenvalue weighted by atomic mass is 16.7. The number of benzene rings is 1. The molecule has 1 fully saturated rings. The first-order valence-corrected chi connectivity index (χ1v) is 6.00. The Bertz CT molecular complexity index is 579. The highest BCUT2D eigenvalue weighted by Gasteiger charge is 2.19. The summed E-state index contributed by atoms with van der Waals surface area (Å²) in [7, 11) is 0. The van der Waals surface area contributed by atoms with E-state index >= 15 is 0 Å². The summed E-state index contributed by atoms with van der Waals surface area (Å²) in [5, 5.41) is 1.43. The topological polar surface area (TPSA) is 55.3 Å². The van der Waals surface area contributed by atoms with Crippen LogP contribution in [-0.2, 0) is 4.84 Å². The van der Waals surface area contributed by atoms with E-state index in [0.717, 1.165) is 23.9 Å². The van der Waals surface area contributed by atoms with E-state index in [-0.39, 0.29) is 5.91 Å². The summed E-state index contributed by atoms with van der Waals surface area (Å²) in [6.07, 6.45) is 5.25. The first-order valence-electron chi connectivity index (χ1n) is 6.00. The molecule has 2 heterocycles. The smallest absolute Gasteiger partial charge is 0.271 e. The van der Waals surface area contributed by atoms with Crippen LogP contribution in [0.5, 0.6) is 0 Å². The average molecular weight is 243 g/mol. The Morgan fingerprint density at radius 2 is 2.00 bits per heavy atom. The lowest BCUT2D eigenvalue weighted by Gasteiger charge is -2.25. The number of fused-ring (bicyclic) bond motifs is 1. The van der Waals surface area contributed by atoms with Crippen LogP contribution in [0.3, 0.4) is 0 Å². The number of nitrogens with zero attached hydrogens (tertiary/aromatic N) is 3. The molecule has 1 saturated heterocycles. The number of aromatic nitrogens is 2. The second-order valence-electron chi connectivity index (χ2n) is 4.21. The second-order valence-corrected chi connectivity index (χ2v) is 4.21. The largest absolute Gasteiger partial charge is 0.277 e. The van der Waals surface area contributed by atoms with Gasteiger partial charge in [0.1, 0.15) is 0 Å². The minimum atomic E-state index is -0.109. The van der Waals surface area contributed by atoms with Gasteiger partial charge in [0.2, 0.25) is 0 Å². The lowest BCUT2D eigenvalue weighted by atomic mass is 10.1. The summed E-state index contributed by atoms with van der Waals surface area (Å²) in [5.41, 5.74) is 2.10. The molecule has 1 aromatic heterocycles. The Kier molecular flexibility index (Phi) is 2.90. The van der Waals surface area contributed by atoms with Gasteiger partial charge >= 0.3 is 0 Å².